The number of esters is 1. The molecule has 1 saturated heterocycles. The van der Waals surface area contributed by atoms with Crippen molar-refractivity contribution in [3.63, 3.8) is 0 Å². The number of anilines is 1. The first kappa shape index (κ1) is 20.3. The van der Waals surface area contributed by atoms with Crippen molar-refractivity contribution in [3.8, 4) is 0 Å². The molecule has 0 N–H and O–H groups in total. The third kappa shape index (κ3) is 4.17. The zero-order chi connectivity index (χ0) is 20.3. The Labute approximate surface area is 170 Å². The predicted molar refractivity (Wildman–Crippen MR) is 110 cm³/mol. The number of aromatic nitrogens is 1. The maximum Gasteiger partial charge on any atom is 0.340 e. The van der Waals surface area contributed by atoms with E-state index in [-0.39, 0.29) is 12.5 Å². The van der Waals surface area contributed by atoms with Gasteiger partial charge in [-0.1, -0.05) is 23.7 Å². The van der Waals surface area contributed by atoms with Crippen molar-refractivity contribution in [3.05, 3.63) is 52.3 Å². The van der Waals surface area contributed by atoms with Gasteiger partial charge in [0.05, 0.1) is 16.3 Å². The van der Waals surface area contributed by atoms with Gasteiger partial charge in [-0.15, -0.1) is 0 Å². The van der Waals surface area contributed by atoms with E-state index in [1.165, 1.54) is 0 Å². The Bertz CT molecular complexity index is 870. The van der Waals surface area contributed by atoms with Gasteiger partial charge >= 0.3 is 5.97 Å². The molecule has 0 saturated carbocycles. The first-order valence-electron chi connectivity index (χ1n) is 9.53. The lowest BCUT2D eigenvalue weighted by atomic mass is 10.2. The van der Waals surface area contributed by atoms with Gasteiger partial charge in [0.2, 0.25) is 0 Å². The van der Waals surface area contributed by atoms with E-state index in [0.717, 1.165) is 23.6 Å². The molecule has 0 spiro atoms. The second-order valence-corrected chi connectivity index (χ2v) is 7.33. The molecule has 1 fully saturated rings. The molecular formula is C21H26ClN3O3. The molecule has 0 radical (unpaired) electrons. The van der Waals surface area contributed by atoms with E-state index < -0.39 is 5.97 Å². The standard InChI is InChI=1S/C21H26ClN3O3/c1-4-25-15(2)13-17(16(25)3)21(27)28-14-20(26)24-11-9-23(10-12-24)19-8-6-5-7-18(19)22/h5-8,13H,4,9-12,14H2,1-3H3. The first-order valence-corrected chi connectivity index (χ1v) is 9.91. The largest absolute Gasteiger partial charge is 0.452 e. The van der Waals surface area contributed by atoms with Crippen LogP contribution in [0.5, 0.6) is 0 Å². The molecule has 1 aromatic heterocycles. The zero-order valence-electron chi connectivity index (χ0n) is 16.6. The Morgan fingerprint density at radius 2 is 1.79 bits per heavy atom. The molecule has 1 aromatic carbocycles. The molecule has 3 rings (SSSR count). The van der Waals surface area contributed by atoms with Gasteiger partial charge in [0.1, 0.15) is 0 Å². The van der Waals surface area contributed by atoms with Gasteiger partial charge in [0, 0.05) is 44.1 Å². The lowest BCUT2D eigenvalue weighted by molar-refractivity contribution is -0.134. The van der Waals surface area contributed by atoms with Gasteiger partial charge in [-0.25, -0.2) is 4.79 Å². The van der Waals surface area contributed by atoms with E-state index in [4.69, 9.17) is 16.3 Å². The number of carbonyl (C=O) groups is 2. The summed E-state index contributed by atoms with van der Waals surface area (Å²) in [4.78, 5) is 28.7. The number of nitrogens with zero attached hydrogens (tertiary/aromatic N) is 3. The number of hydrogen-bond acceptors (Lipinski definition) is 4. The Balaban J connectivity index is 1.52. The number of para-hydroxylation sites is 1. The number of ether oxygens (including phenoxy) is 1. The molecule has 1 aliphatic heterocycles. The predicted octanol–water partition coefficient (Wildman–Crippen LogP) is 3.28. The summed E-state index contributed by atoms with van der Waals surface area (Å²) in [5.41, 5.74) is 3.38. The second kappa shape index (κ2) is 8.69. The molecule has 150 valence electrons. The number of benzene rings is 1. The second-order valence-electron chi connectivity index (χ2n) is 6.92. The third-order valence-corrected chi connectivity index (χ3v) is 5.58. The molecule has 2 aromatic rings. The van der Waals surface area contributed by atoms with Crippen molar-refractivity contribution < 1.29 is 14.3 Å². The monoisotopic (exact) mass is 403 g/mol. The van der Waals surface area contributed by atoms with Crippen LogP contribution in [-0.4, -0.2) is 54.1 Å². The van der Waals surface area contributed by atoms with Crippen LogP contribution in [0.15, 0.2) is 30.3 Å². The van der Waals surface area contributed by atoms with Crippen molar-refractivity contribution in [1.82, 2.24) is 9.47 Å². The Kier molecular flexibility index (Phi) is 6.29. The molecule has 0 unspecified atom stereocenters. The maximum atomic E-state index is 12.5. The summed E-state index contributed by atoms with van der Waals surface area (Å²) < 4.78 is 7.34. The summed E-state index contributed by atoms with van der Waals surface area (Å²) in [7, 11) is 0. The third-order valence-electron chi connectivity index (χ3n) is 5.26. The fourth-order valence-electron chi connectivity index (χ4n) is 3.70. The van der Waals surface area contributed by atoms with Crippen molar-refractivity contribution in [2.24, 2.45) is 0 Å². The van der Waals surface area contributed by atoms with Gasteiger partial charge in [-0.05, 0) is 39.0 Å². The van der Waals surface area contributed by atoms with Crippen LogP contribution >= 0.6 is 11.6 Å². The maximum absolute atomic E-state index is 12.5. The number of rotatable bonds is 5. The topological polar surface area (TPSA) is 54.8 Å². The summed E-state index contributed by atoms with van der Waals surface area (Å²) in [6, 6.07) is 9.51. The quantitative estimate of drug-likeness (QED) is 0.719. The smallest absolute Gasteiger partial charge is 0.340 e. The Morgan fingerprint density at radius 1 is 1.11 bits per heavy atom. The normalized spacial score (nSPS) is 14.3. The van der Waals surface area contributed by atoms with Gasteiger partial charge in [0.15, 0.2) is 6.61 Å². The lowest BCUT2D eigenvalue weighted by Crippen LogP contribution is -2.50. The number of hydrogen-bond donors (Lipinski definition) is 0. The number of amides is 1. The minimum Gasteiger partial charge on any atom is -0.452 e. The fourth-order valence-corrected chi connectivity index (χ4v) is 3.95. The van der Waals surface area contributed by atoms with Crippen molar-refractivity contribution >= 4 is 29.2 Å². The zero-order valence-corrected chi connectivity index (χ0v) is 17.3. The molecule has 7 heteroatoms. The summed E-state index contributed by atoms with van der Waals surface area (Å²) in [5.74, 6) is -0.618. The highest BCUT2D eigenvalue weighted by Gasteiger charge is 2.24. The minimum atomic E-state index is -0.448. The van der Waals surface area contributed by atoms with Crippen LogP contribution in [0.25, 0.3) is 0 Å². The SMILES string of the molecule is CCn1c(C)cc(C(=O)OCC(=O)N2CCN(c3ccccc3Cl)CC2)c1C. The van der Waals surface area contributed by atoms with Crippen LogP contribution in [0, 0.1) is 13.8 Å². The first-order chi connectivity index (χ1) is 13.4. The van der Waals surface area contributed by atoms with Crippen molar-refractivity contribution in [2.75, 3.05) is 37.7 Å². The highest BCUT2D eigenvalue weighted by atomic mass is 35.5. The molecule has 28 heavy (non-hydrogen) atoms. The van der Waals surface area contributed by atoms with E-state index in [0.29, 0.717) is 36.8 Å². The number of piperazine rings is 1. The van der Waals surface area contributed by atoms with E-state index in [2.05, 4.69) is 4.90 Å². The van der Waals surface area contributed by atoms with Crippen molar-refractivity contribution in [2.45, 2.75) is 27.3 Å². The van der Waals surface area contributed by atoms with Crippen LogP contribution in [0.4, 0.5) is 5.69 Å². The molecule has 0 aliphatic carbocycles. The van der Waals surface area contributed by atoms with E-state index in [1.54, 1.807) is 4.90 Å². The fraction of sp³-hybridized carbons (Fsp3) is 0.429. The van der Waals surface area contributed by atoms with E-state index in [9.17, 15) is 9.59 Å². The number of aryl methyl sites for hydroxylation is 1. The number of carbonyl (C=O) groups excluding carboxylic acids is 2. The van der Waals surface area contributed by atoms with Crippen LogP contribution in [-0.2, 0) is 16.1 Å². The van der Waals surface area contributed by atoms with E-state index >= 15 is 0 Å². The van der Waals surface area contributed by atoms with Gasteiger partial charge in [-0.2, -0.15) is 0 Å². The number of halogens is 1. The van der Waals surface area contributed by atoms with Gasteiger partial charge < -0.3 is 19.1 Å². The molecule has 1 aliphatic rings. The van der Waals surface area contributed by atoms with Gasteiger partial charge in [0.25, 0.3) is 5.91 Å². The minimum absolute atomic E-state index is 0.170. The highest BCUT2D eigenvalue weighted by molar-refractivity contribution is 6.33. The highest BCUT2D eigenvalue weighted by Crippen LogP contribution is 2.26. The van der Waals surface area contributed by atoms with Gasteiger partial charge in [-0.3, -0.25) is 4.79 Å². The van der Waals surface area contributed by atoms with Crippen LogP contribution < -0.4 is 4.90 Å². The molecular weight excluding hydrogens is 378 g/mol. The average Bonchev–Trinajstić information content (AvgIpc) is 3.00. The molecule has 0 bridgehead atoms. The summed E-state index contributed by atoms with van der Waals surface area (Å²) >= 11 is 6.25. The average molecular weight is 404 g/mol. The van der Waals surface area contributed by atoms with Crippen LogP contribution in [0.3, 0.4) is 0 Å². The Morgan fingerprint density at radius 3 is 2.39 bits per heavy atom. The summed E-state index contributed by atoms with van der Waals surface area (Å²) in [5, 5.41) is 0.709. The summed E-state index contributed by atoms with van der Waals surface area (Å²) in [6.45, 7) is 8.97. The van der Waals surface area contributed by atoms with Crippen LogP contribution in [0.2, 0.25) is 5.02 Å². The van der Waals surface area contributed by atoms with Crippen LogP contribution in [0.1, 0.15) is 28.7 Å². The van der Waals surface area contributed by atoms with E-state index in [1.807, 2.05) is 55.7 Å². The molecule has 0 atom stereocenters. The molecule has 1 amide bonds. The molecule has 6 nitrogen and oxygen atoms in total. The summed E-state index contributed by atoms with van der Waals surface area (Å²) in [6.07, 6.45) is 0. The Hall–Kier alpha value is -2.47. The van der Waals surface area contributed by atoms with Crippen molar-refractivity contribution in [1.29, 1.82) is 0 Å². The molecule has 2 heterocycles. The lowest BCUT2D eigenvalue weighted by Gasteiger charge is -2.36.